The number of aryl methyl sites for hydroxylation is 3. The van der Waals surface area contributed by atoms with Gasteiger partial charge in [0.2, 0.25) is 12.2 Å². The Bertz CT molecular complexity index is 701. The van der Waals surface area contributed by atoms with Crippen molar-refractivity contribution in [2.45, 2.75) is 27.1 Å². The summed E-state index contributed by atoms with van der Waals surface area (Å²) in [4.78, 5) is 12.0. The molecule has 2 aromatic rings. The molecule has 2 rings (SSSR count). The Hall–Kier alpha value is -2.11. The number of hydrogen-bond acceptors (Lipinski definition) is 3. The molecule has 0 amide bonds. The smallest absolute Gasteiger partial charge is 0.253 e. The van der Waals surface area contributed by atoms with Crippen molar-refractivity contribution in [1.82, 2.24) is 14.3 Å². The van der Waals surface area contributed by atoms with Gasteiger partial charge < -0.3 is 9.30 Å². The lowest BCUT2D eigenvalue weighted by molar-refractivity contribution is 0.0762. The summed E-state index contributed by atoms with van der Waals surface area (Å²) < 4.78 is 21.0. The first-order valence-electron chi connectivity index (χ1n) is 6.33. The maximum absolute atomic E-state index is 12.9. The van der Waals surface area contributed by atoms with Gasteiger partial charge in [-0.3, -0.25) is 4.79 Å². The highest BCUT2D eigenvalue weighted by Crippen LogP contribution is 2.25. The molecule has 0 spiro atoms. The number of ether oxygens (including phenoxy) is 1. The molecule has 2 aromatic heterocycles. The zero-order chi connectivity index (χ0) is 15.0. The van der Waals surface area contributed by atoms with Gasteiger partial charge in [0.15, 0.2) is 0 Å². The van der Waals surface area contributed by atoms with Gasteiger partial charge in [-0.15, -0.1) is 0 Å². The summed E-state index contributed by atoms with van der Waals surface area (Å²) in [6.45, 7) is 4.99. The second kappa shape index (κ2) is 5.11. The van der Waals surface area contributed by atoms with E-state index in [-0.39, 0.29) is 5.56 Å². The molecule has 20 heavy (non-hydrogen) atoms. The molecule has 2 heterocycles. The van der Waals surface area contributed by atoms with Gasteiger partial charge in [-0.05, 0) is 25.5 Å². The maximum atomic E-state index is 12.9. The third-order valence-corrected chi connectivity index (χ3v) is 3.15. The van der Waals surface area contributed by atoms with E-state index in [2.05, 4.69) is 5.10 Å². The molecule has 0 aliphatic heterocycles. The summed E-state index contributed by atoms with van der Waals surface area (Å²) >= 11 is 0. The molecule has 0 N–H and O–H groups in total. The van der Waals surface area contributed by atoms with Crippen molar-refractivity contribution in [3.63, 3.8) is 0 Å². The summed E-state index contributed by atoms with van der Waals surface area (Å²) in [6.07, 6.45) is -1.42. The van der Waals surface area contributed by atoms with Crippen LogP contribution in [0.15, 0.2) is 16.9 Å². The molecular weight excluding hydrogens is 261 g/mol. The Balaban J connectivity index is 2.58. The number of pyridine rings is 1. The Morgan fingerprint density at radius 2 is 1.90 bits per heavy atom. The summed E-state index contributed by atoms with van der Waals surface area (Å²) in [6, 6.07) is 3.46. The minimum atomic E-state index is -1.42. The van der Waals surface area contributed by atoms with Crippen molar-refractivity contribution < 1.29 is 9.13 Å². The quantitative estimate of drug-likeness (QED) is 0.864. The molecule has 0 aliphatic carbocycles. The summed E-state index contributed by atoms with van der Waals surface area (Å²) in [7, 11) is 3.37. The van der Waals surface area contributed by atoms with Crippen LogP contribution in [0.3, 0.4) is 0 Å². The van der Waals surface area contributed by atoms with E-state index >= 15 is 0 Å². The van der Waals surface area contributed by atoms with Gasteiger partial charge in [-0.1, -0.05) is 0 Å². The monoisotopic (exact) mass is 279 g/mol. The van der Waals surface area contributed by atoms with Gasteiger partial charge in [-0.2, -0.15) is 5.10 Å². The van der Waals surface area contributed by atoms with E-state index in [1.807, 2.05) is 13.0 Å². The van der Waals surface area contributed by atoms with E-state index in [0.717, 1.165) is 5.56 Å². The van der Waals surface area contributed by atoms with Crippen LogP contribution in [0, 0.1) is 13.8 Å². The molecular formula is C14H18FN3O2. The molecule has 1 atom stereocenters. The lowest BCUT2D eigenvalue weighted by atomic mass is 10.1. The standard InChI is InChI=1S/C14H18FN3O2/c1-8-6-9(2)14(19)17(4)13(8)11-7-12(18(5)16-11)20-10(3)15/h6-7,10H,1-5H3. The number of aromatic nitrogens is 3. The maximum Gasteiger partial charge on any atom is 0.253 e. The predicted molar refractivity (Wildman–Crippen MR) is 74.6 cm³/mol. The number of alkyl halides is 1. The highest BCUT2D eigenvalue weighted by atomic mass is 19.1. The van der Waals surface area contributed by atoms with Gasteiger partial charge >= 0.3 is 0 Å². The lowest BCUT2D eigenvalue weighted by Gasteiger charge is -2.10. The molecule has 6 heteroatoms. The van der Waals surface area contributed by atoms with Crippen LogP contribution in [0.1, 0.15) is 18.1 Å². The van der Waals surface area contributed by atoms with Crippen LogP contribution >= 0.6 is 0 Å². The average molecular weight is 279 g/mol. The molecule has 1 unspecified atom stereocenters. The zero-order valence-electron chi connectivity index (χ0n) is 12.3. The average Bonchev–Trinajstić information content (AvgIpc) is 2.67. The summed E-state index contributed by atoms with van der Waals surface area (Å²) in [5.74, 6) is 0.322. The predicted octanol–water partition coefficient (Wildman–Crippen LogP) is 2.10. The molecule has 0 fully saturated rings. The first kappa shape index (κ1) is 14.3. The van der Waals surface area contributed by atoms with Crippen molar-refractivity contribution in [1.29, 1.82) is 0 Å². The molecule has 108 valence electrons. The van der Waals surface area contributed by atoms with Crippen molar-refractivity contribution in [3.05, 3.63) is 33.6 Å². The second-order valence-corrected chi connectivity index (χ2v) is 4.88. The van der Waals surface area contributed by atoms with Gasteiger partial charge in [0.05, 0.1) is 5.69 Å². The summed E-state index contributed by atoms with van der Waals surface area (Å²) in [5, 5.41) is 4.29. The molecule has 0 saturated heterocycles. The SMILES string of the molecule is Cc1cc(C)c(=O)n(C)c1-c1cc(OC(C)F)n(C)n1. The minimum Gasteiger partial charge on any atom is -0.444 e. The van der Waals surface area contributed by atoms with Gasteiger partial charge in [0, 0.05) is 32.6 Å². The van der Waals surface area contributed by atoms with Crippen LogP contribution in [-0.4, -0.2) is 20.7 Å². The zero-order valence-corrected chi connectivity index (χ0v) is 12.3. The Kier molecular flexibility index (Phi) is 3.65. The molecule has 5 nitrogen and oxygen atoms in total. The van der Waals surface area contributed by atoms with Gasteiger partial charge in [0.1, 0.15) is 5.69 Å². The fraction of sp³-hybridized carbons (Fsp3) is 0.429. The molecule has 0 aliphatic rings. The molecule has 0 aromatic carbocycles. The van der Waals surface area contributed by atoms with Crippen LogP contribution < -0.4 is 10.3 Å². The van der Waals surface area contributed by atoms with E-state index in [0.29, 0.717) is 22.8 Å². The Morgan fingerprint density at radius 3 is 2.50 bits per heavy atom. The van der Waals surface area contributed by atoms with Crippen molar-refractivity contribution in [2.24, 2.45) is 14.1 Å². The Morgan fingerprint density at radius 1 is 1.25 bits per heavy atom. The number of nitrogens with zero attached hydrogens (tertiary/aromatic N) is 3. The van der Waals surface area contributed by atoms with Crippen molar-refractivity contribution in [2.75, 3.05) is 0 Å². The van der Waals surface area contributed by atoms with Crippen LogP contribution in [-0.2, 0) is 14.1 Å². The second-order valence-electron chi connectivity index (χ2n) is 4.88. The van der Waals surface area contributed by atoms with Crippen LogP contribution in [0.5, 0.6) is 5.88 Å². The van der Waals surface area contributed by atoms with E-state index < -0.39 is 6.36 Å². The molecule has 0 saturated carbocycles. The molecule has 0 radical (unpaired) electrons. The number of rotatable bonds is 3. The fourth-order valence-electron chi connectivity index (χ4n) is 2.30. The number of hydrogen-bond donors (Lipinski definition) is 0. The normalized spacial score (nSPS) is 12.5. The minimum absolute atomic E-state index is 0.0717. The third kappa shape index (κ3) is 2.45. The van der Waals surface area contributed by atoms with Crippen LogP contribution in [0.25, 0.3) is 11.4 Å². The van der Waals surface area contributed by atoms with E-state index in [1.54, 1.807) is 31.7 Å². The Labute approximate surface area is 116 Å². The van der Waals surface area contributed by atoms with E-state index in [4.69, 9.17) is 4.74 Å². The van der Waals surface area contributed by atoms with Crippen LogP contribution in [0.4, 0.5) is 4.39 Å². The number of halogens is 1. The largest absolute Gasteiger partial charge is 0.444 e. The first-order valence-corrected chi connectivity index (χ1v) is 6.33. The van der Waals surface area contributed by atoms with Gasteiger partial charge in [0.25, 0.3) is 5.56 Å². The fourth-order valence-corrected chi connectivity index (χ4v) is 2.30. The molecule has 0 bridgehead atoms. The highest BCUT2D eigenvalue weighted by molar-refractivity contribution is 5.60. The summed E-state index contributed by atoms with van der Waals surface area (Å²) in [5.41, 5.74) is 2.83. The topological polar surface area (TPSA) is 49.0 Å². The first-order chi connectivity index (χ1) is 9.31. The highest BCUT2D eigenvalue weighted by Gasteiger charge is 2.16. The lowest BCUT2D eigenvalue weighted by Crippen LogP contribution is -2.21. The van der Waals surface area contributed by atoms with E-state index in [1.165, 1.54) is 11.6 Å². The third-order valence-electron chi connectivity index (χ3n) is 3.15. The van der Waals surface area contributed by atoms with Gasteiger partial charge in [-0.25, -0.2) is 9.07 Å². The van der Waals surface area contributed by atoms with Crippen molar-refractivity contribution >= 4 is 0 Å². The van der Waals surface area contributed by atoms with E-state index in [9.17, 15) is 9.18 Å². The van der Waals surface area contributed by atoms with Crippen molar-refractivity contribution in [3.8, 4) is 17.3 Å². The van der Waals surface area contributed by atoms with Crippen LogP contribution in [0.2, 0.25) is 0 Å².